The van der Waals surface area contributed by atoms with Gasteiger partial charge >= 0.3 is 0 Å². The normalized spacial score (nSPS) is 15.1. The van der Waals surface area contributed by atoms with Crippen LogP contribution in [0.2, 0.25) is 0 Å². The van der Waals surface area contributed by atoms with Crippen LogP contribution in [0.3, 0.4) is 0 Å². The molecule has 116 valence electrons. The summed E-state index contributed by atoms with van der Waals surface area (Å²) >= 11 is 3.04. The fourth-order valence-corrected chi connectivity index (χ4v) is 4.63. The van der Waals surface area contributed by atoms with Crippen molar-refractivity contribution in [2.24, 2.45) is 0 Å². The number of nitrogens with one attached hydrogen (secondary N) is 1. The van der Waals surface area contributed by atoms with Crippen LogP contribution < -0.4 is 5.32 Å². The highest BCUT2D eigenvalue weighted by molar-refractivity contribution is 8.00. The Hall–Kier alpha value is -1.40. The number of rotatable bonds is 5. The number of aryl methyl sites for hydroxylation is 1. The van der Waals surface area contributed by atoms with E-state index in [0.717, 1.165) is 34.2 Å². The number of anilines is 1. The monoisotopic (exact) mass is 333 g/mol. The molecule has 6 heteroatoms. The molecular weight excluding hydrogens is 314 g/mol. The molecule has 1 N–H and O–H groups in total. The fraction of sp³-hybridized carbons (Fsp3) is 0.438. The number of benzene rings is 1. The first-order valence-corrected chi connectivity index (χ1v) is 9.31. The number of carbonyl (C=O) groups is 1. The lowest BCUT2D eigenvalue weighted by molar-refractivity contribution is 0.102. The summed E-state index contributed by atoms with van der Waals surface area (Å²) < 4.78 is 3.89. The van der Waals surface area contributed by atoms with Crippen LogP contribution in [-0.4, -0.2) is 20.7 Å². The summed E-state index contributed by atoms with van der Waals surface area (Å²) in [4.78, 5) is 14.2. The van der Waals surface area contributed by atoms with Crippen LogP contribution in [0.15, 0.2) is 29.2 Å². The van der Waals surface area contributed by atoms with Gasteiger partial charge in [-0.15, -0.1) is 16.9 Å². The third-order valence-corrected chi connectivity index (χ3v) is 6.01. The molecule has 1 aromatic heterocycles. The van der Waals surface area contributed by atoms with E-state index in [2.05, 4.69) is 21.0 Å². The second-order valence-electron chi connectivity index (χ2n) is 5.38. The number of para-hydroxylation sites is 1. The smallest absolute Gasteiger partial charge is 0.269 e. The Morgan fingerprint density at radius 2 is 2.14 bits per heavy atom. The largest absolute Gasteiger partial charge is 0.320 e. The Balaban J connectivity index is 1.75. The summed E-state index contributed by atoms with van der Waals surface area (Å²) in [6.45, 7) is 1.98. The highest BCUT2D eigenvalue weighted by atomic mass is 32.2. The first-order valence-electron chi connectivity index (χ1n) is 7.66. The first-order chi connectivity index (χ1) is 10.8. The van der Waals surface area contributed by atoms with Gasteiger partial charge in [-0.05, 0) is 42.9 Å². The quantitative estimate of drug-likeness (QED) is 0.882. The van der Waals surface area contributed by atoms with Gasteiger partial charge in [0.2, 0.25) is 0 Å². The molecule has 1 aliphatic rings. The van der Waals surface area contributed by atoms with Crippen molar-refractivity contribution in [3.8, 4) is 0 Å². The molecule has 1 heterocycles. The van der Waals surface area contributed by atoms with Gasteiger partial charge in [0.1, 0.15) is 4.88 Å². The van der Waals surface area contributed by atoms with Gasteiger partial charge in [-0.3, -0.25) is 4.79 Å². The number of nitrogens with zero attached hydrogens (tertiary/aromatic N) is 2. The molecule has 0 atom stereocenters. The maximum Gasteiger partial charge on any atom is 0.269 e. The molecule has 1 aromatic carbocycles. The van der Waals surface area contributed by atoms with Gasteiger partial charge < -0.3 is 5.32 Å². The van der Waals surface area contributed by atoms with Crippen molar-refractivity contribution in [2.45, 2.75) is 49.2 Å². The van der Waals surface area contributed by atoms with Crippen molar-refractivity contribution in [1.29, 1.82) is 0 Å². The lowest BCUT2D eigenvalue weighted by atomic mass is 10.2. The number of hydrogen-bond donors (Lipinski definition) is 1. The Kier molecular flexibility index (Phi) is 5.10. The predicted molar refractivity (Wildman–Crippen MR) is 91.8 cm³/mol. The van der Waals surface area contributed by atoms with E-state index in [1.54, 1.807) is 0 Å². The number of hydrogen-bond acceptors (Lipinski definition) is 5. The topological polar surface area (TPSA) is 54.9 Å². The molecule has 0 saturated heterocycles. The third-order valence-electron chi connectivity index (χ3n) is 3.83. The van der Waals surface area contributed by atoms with E-state index in [9.17, 15) is 4.79 Å². The summed E-state index contributed by atoms with van der Waals surface area (Å²) in [5, 5.41) is 7.71. The minimum Gasteiger partial charge on any atom is -0.320 e. The third kappa shape index (κ3) is 3.50. The molecule has 4 nitrogen and oxygen atoms in total. The zero-order chi connectivity index (χ0) is 15.4. The zero-order valence-corrected chi connectivity index (χ0v) is 14.2. The van der Waals surface area contributed by atoms with Crippen LogP contribution in [0, 0.1) is 0 Å². The van der Waals surface area contributed by atoms with Crippen molar-refractivity contribution in [3.05, 3.63) is 34.8 Å². The Bertz CT molecular complexity index is 650. The highest BCUT2D eigenvalue weighted by Crippen LogP contribution is 2.38. The summed E-state index contributed by atoms with van der Waals surface area (Å²) in [7, 11) is 0. The molecule has 0 unspecified atom stereocenters. The van der Waals surface area contributed by atoms with Gasteiger partial charge in [0.15, 0.2) is 0 Å². The van der Waals surface area contributed by atoms with Crippen LogP contribution in [0.25, 0.3) is 0 Å². The molecule has 1 aliphatic carbocycles. The van der Waals surface area contributed by atoms with Crippen LogP contribution in [-0.2, 0) is 6.42 Å². The standard InChI is InChI=1S/C16H19N3OS2/c1-2-12-15(22-19-18-12)16(20)17-13-9-5-6-10-14(13)21-11-7-3-4-8-11/h5-6,9-11H,2-4,7-8H2,1H3,(H,17,20). The van der Waals surface area contributed by atoms with Crippen LogP contribution in [0.5, 0.6) is 0 Å². The van der Waals surface area contributed by atoms with E-state index >= 15 is 0 Å². The Morgan fingerprint density at radius 3 is 2.91 bits per heavy atom. The SMILES string of the molecule is CCc1nnsc1C(=O)Nc1ccccc1SC1CCCC1. The summed E-state index contributed by atoms with van der Waals surface area (Å²) in [5.74, 6) is -0.105. The lowest BCUT2D eigenvalue weighted by Gasteiger charge is -2.13. The summed E-state index contributed by atoms with van der Waals surface area (Å²) in [6, 6.07) is 8.04. The second-order valence-corrected chi connectivity index (χ2v) is 7.47. The molecule has 1 amide bonds. The van der Waals surface area contributed by atoms with E-state index in [-0.39, 0.29) is 5.91 Å². The molecule has 2 aromatic rings. The van der Waals surface area contributed by atoms with Crippen LogP contribution in [0.4, 0.5) is 5.69 Å². The van der Waals surface area contributed by atoms with E-state index < -0.39 is 0 Å². The molecule has 1 saturated carbocycles. The van der Waals surface area contributed by atoms with Crippen molar-refractivity contribution < 1.29 is 4.79 Å². The number of thioether (sulfide) groups is 1. The number of aromatic nitrogens is 2. The van der Waals surface area contributed by atoms with Gasteiger partial charge in [0, 0.05) is 10.1 Å². The molecule has 3 rings (SSSR count). The van der Waals surface area contributed by atoms with Gasteiger partial charge in [0.05, 0.1) is 11.4 Å². The molecule has 22 heavy (non-hydrogen) atoms. The lowest BCUT2D eigenvalue weighted by Crippen LogP contribution is -2.13. The zero-order valence-electron chi connectivity index (χ0n) is 12.5. The van der Waals surface area contributed by atoms with E-state index in [1.807, 2.05) is 36.9 Å². The molecule has 0 bridgehead atoms. The predicted octanol–water partition coefficient (Wildman–Crippen LogP) is 4.39. The Morgan fingerprint density at radius 1 is 1.36 bits per heavy atom. The maximum absolute atomic E-state index is 12.5. The van der Waals surface area contributed by atoms with Gasteiger partial charge in [-0.25, -0.2) is 0 Å². The van der Waals surface area contributed by atoms with Crippen molar-refractivity contribution in [1.82, 2.24) is 9.59 Å². The van der Waals surface area contributed by atoms with Crippen molar-refractivity contribution >= 4 is 34.9 Å². The van der Waals surface area contributed by atoms with Crippen molar-refractivity contribution in [3.63, 3.8) is 0 Å². The molecular formula is C16H19N3OS2. The first kappa shape index (κ1) is 15.5. The van der Waals surface area contributed by atoms with E-state index in [1.165, 1.54) is 25.7 Å². The van der Waals surface area contributed by atoms with Crippen molar-refractivity contribution in [2.75, 3.05) is 5.32 Å². The summed E-state index contributed by atoms with van der Waals surface area (Å²) in [6.07, 6.45) is 5.90. The molecule has 0 spiro atoms. The summed E-state index contributed by atoms with van der Waals surface area (Å²) in [5.41, 5.74) is 1.66. The van der Waals surface area contributed by atoms with Gasteiger partial charge in [-0.1, -0.05) is 36.4 Å². The Labute approximate surface area is 138 Å². The van der Waals surface area contributed by atoms with E-state index in [0.29, 0.717) is 10.1 Å². The van der Waals surface area contributed by atoms with Gasteiger partial charge in [-0.2, -0.15) is 0 Å². The highest BCUT2D eigenvalue weighted by Gasteiger charge is 2.20. The second kappa shape index (κ2) is 7.24. The molecule has 0 aliphatic heterocycles. The number of carbonyl (C=O) groups excluding carboxylic acids is 1. The number of amides is 1. The average Bonchev–Trinajstić information content (AvgIpc) is 3.20. The average molecular weight is 333 g/mol. The molecule has 0 radical (unpaired) electrons. The fourth-order valence-electron chi connectivity index (χ4n) is 2.65. The van der Waals surface area contributed by atoms with Crippen LogP contribution >= 0.6 is 23.3 Å². The maximum atomic E-state index is 12.5. The minimum absolute atomic E-state index is 0.105. The van der Waals surface area contributed by atoms with Gasteiger partial charge in [0.25, 0.3) is 5.91 Å². The molecule has 1 fully saturated rings. The van der Waals surface area contributed by atoms with E-state index in [4.69, 9.17) is 0 Å². The van der Waals surface area contributed by atoms with Crippen LogP contribution in [0.1, 0.15) is 48.0 Å². The minimum atomic E-state index is -0.105.